The van der Waals surface area contributed by atoms with E-state index >= 15 is 0 Å². The van der Waals surface area contributed by atoms with Gasteiger partial charge in [-0.15, -0.1) is 0 Å². The van der Waals surface area contributed by atoms with Crippen molar-refractivity contribution in [2.45, 2.75) is 26.4 Å². The maximum atomic E-state index is 13.7. The summed E-state index contributed by atoms with van der Waals surface area (Å²) in [5.41, 5.74) is 0.791. The lowest BCUT2D eigenvalue weighted by Gasteiger charge is -2.31. The number of carbonyl (C=O) groups is 2. The van der Waals surface area contributed by atoms with Gasteiger partial charge in [-0.1, -0.05) is 34.1 Å². The lowest BCUT2D eigenvalue weighted by Crippen LogP contribution is -2.51. The van der Waals surface area contributed by atoms with Crippen LogP contribution in [0.2, 0.25) is 0 Å². The third kappa shape index (κ3) is 7.03. The third-order valence-electron chi connectivity index (χ3n) is 4.54. The molecule has 2 rings (SSSR count). The van der Waals surface area contributed by atoms with Crippen LogP contribution < -0.4 is 9.62 Å². The average Bonchev–Trinajstić information content (AvgIpc) is 2.69. The van der Waals surface area contributed by atoms with Crippen molar-refractivity contribution in [1.29, 1.82) is 0 Å². The zero-order chi connectivity index (χ0) is 23.2. The predicted molar refractivity (Wildman–Crippen MR) is 121 cm³/mol. The molecule has 1 atom stereocenters. The van der Waals surface area contributed by atoms with E-state index in [2.05, 4.69) is 21.2 Å². The molecule has 2 amide bonds. The maximum Gasteiger partial charge on any atom is 0.244 e. The quantitative estimate of drug-likeness (QED) is 0.558. The van der Waals surface area contributed by atoms with Gasteiger partial charge in [-0.3, -0.25) is 13.9 Å². The molecule has 10 heteroatoms. The largest absolute Gasteiger partial charge is 0.355 e. The second-order valence-corrected chi connectivity index (χ2v) is 9.79. The number of hydrogen-bond donors (Lipinski definition) is 1. The highest BCUT2D eigenvalue weighted by molar-refractivity contribution is 9.10. The van der Waals surface area contributed by atoms with Crippen molar-refractivity contribution in [2.75, 3.05) is 23.7 Å². The van der Waals surface area contributed by atoms with E-state index in [1.54, 1.807) is 26.0 Å². The van der Waals surface area contributed by atoms with Crippen LogP contribution in [0.3, 0.4) is 0 Å². The van der Waals surface area contributed by atoms with Gasteiger partial charge in [-0.05, 0) is 49.7 Å². The molecule has 0 bridgehead atoms. The van der Waals surface area contributed by atoms with Gasteiger partial charge in [0.25, 0.3) is 0 Å². The Hall–Kier alpha value is -2.46. The van der Waals surface area contributed by atoms with Crippen LogP contribution in [0.15, 0.2) is 53.0 Å². The molecule has 0 aliphatic rings. The van der Waals surface area contributed by atoms with Gasteiger partial charge in [0.05, 0.1) is 11.9 Å². The Bertz CT molecular complexity index is 1050. The van der Waals surface area contributed by atoms with Gasteiger partial charge in [0.2, 0.25) is 21.8 Å². The molecule has 1 unspecified atom stereocenters. The van der Waals surface area contributed by atoms with Crippen molar-refractivity contribution in [3.8, 4) is 0 Å². The van der Waals surface area contributed by atoms with E-state index in [0.29, 0.717) is 6.54 Å². The van der Waals surface area contributed by atoms with E-state index in [9.17, 15) is 22.4 Å². The Labute approximate surface area is 190 Å². The molecule has 0 heterocycles. The molecule has 2 aromatic rings. The van der Waals surface area contributed by atoms with Gasteiger partial charge in [-0.25, -0.2) is 12.8 Å². The van der Waals surface area contributed by atoms with Crippen LogP contribution in [0, 0.1) is 5.82 Å². The summed E-state index contributed by atoms with van der Waals surface area (Å²) in [7, 11) is -3.89. The first-order valence-corrected chi connectivity index (χ1v) is 12.2. The Kier molecular flexibility index (Phi) is 8.58. The molecule has 168 valence electrons. The number of sulfonamides is 1. The first kappa shape index (κ1) is 24.8. The summed E-state index contributed by atoms with van der Waals surface area (Å²) >= 11 is 3.38. The molecule has 0 aliphatic carbocycles. The number of nitrogens with one attached hydrogen (secondary N) is 1. The number of halogens is 2. The van der Waals surface area contributed by atoms with E-state index in [0.717, 1.165) is 26.7 Å². The smallest absolute Gasteiger partial charge is 0.244 e. The maximum absolute atomic E-state index is 13.7. The minimum Gasteiger partial charge on any atom is -0.355 e. The summed E-state index contributed by atoms with van der Waals surface area (Å²) in [5, 5.41) is 2.68. The molecule has 0 aromatic heterocycles. The van der Waals surface area contributed by atoms with E-state index in [4.69, 9.17) is 0 Å². The lowest BCUT2D eigenvalue weighted by molar-refractivity contribution is -0.139. The number of amides is 2. The first-order chi connectivity index (χ1) is 14.5. The van der Waals surface area contributed by atoms with Gasteiger partial charge in [0, 0.05) is 17.6 Å². The number of rotatable bonds is 9. The SMILES string of the molecule is CCNC(=O)C(C)N(Cc1cccc(Br)c1)C(=O)CN(c1cccc(F)c1)S(C)(=O)=O. The summed E-state index contributed by atoms with van der Waals surface area (Å²) in [6.45, 7) is 3.26. The highest BCUT2D eigenvalue weighted by Gasteiger charge is 2.30. The molecule has 0 aliphatic heterocycles. The lowest BCUT2D eigenvalue weighted by atomic mass is 10.1. The zero-order valence-corrected chi connectivity index (χ0v) is 19.9. The molecule has 7 nitrogen and oxygen atoms in total. The third-order valence-corrected chi connectivity index (χ3v) is 6.17. The molecule has 2 aromatic carbocycles. The van der Waals surface area contributed by atoms with Crippen LogP contribution in [-0.2, 0) is 26.2 Å². The topological polar surface area (TPSA) is 86.8 Å². The molecule has 0 fully saturated rings. The molecule has 0 radical (unpaired) electrons. The second kappa shape index (κ2) is 10.7. The van der Waals surface area contributed by atoms with Crippen molar-refractivity contribution in [2.24, 2.45) is 0 Å². The van der Waals surface area contributed by atoms with Gasteiger partial charge >= 0.3 is 0 Å². The van der Waals surface area contributed by atoms with E-state index < -0.39 is 34.3 Å². The molecule has 0 saturated carbocycles. The van der Waals surface area contributed by atoms with Crippen LogP contribution in [0.1, 0.15) is 19.4 Å². The fourth-order valence-electron chi connectivity index (χ4n) is 2.98. The predicted octanol–water partition coefficient (Wildman–Crippen LogP) is 2.91. The van der Waals surface area contributed by atoms with Crippen LogP contribution >= 0.6 is 15.9 Å². The highest BCUT2D eigenvalue weighted by atomic mass is 79.9. The van der Waals surface area contributed by atoms with Crippen molar-refractivity contribution < 1.29 is 22.4 Å². The van der Waals surface area contributed by atoms with Crippen molar-refractivity contribution in [3.05, 3.63) is 64.4 Å². The summed E-state index contributed by atoms with van der Waals surface area (Å²) in [4.78, 5) is 27.0. The Morgan fingerprint density at radius 1 is 1.16 bits per heavy atom. The number of nitrogens with zero attached hydrogens (tertiary/aromatic N) is 2. The summed E-state index contributed by atoms with van der Waals surface area (Å²) in [6.07, 6.45) is 0.942. The van der Waals surface area contributed by atoms with E-state index in [1.807, 2.05) is 12.1 Å². The van der Waals surface area contributed by atoms with Gasteiger partial charge < -0.3 is 10.2 Å². The normalized spacial score (nSPS) is 12.2. The standard InChI is InChI=1S/C21H25BrFN3O4S/c1-4-24-21(28)15(2)25(13-16-7-5-8-17(22)11-16)20(27)14-26(31(3,29)30)19-10-6-9-18(23)12-19/h5-12,15H,4,13-14H2,1-3H3,(H,24,28). The minimum atomic E-state index is -3.89. The van der Waals surface area contributed by atoms with Crippen LogP contribution in [-0.4, -0.2) is 50.5 Å². The second-order valence-electron chi connectivity index (χ2n) is 6.97. The van der Waals surface area contributed by atoms with Gasteiger partial charge in [-0.2, -0.15) is 0 Å². The fraction of sp³-hybridized carbons (Fsp3) is 0.333. The van der Waals surface area contributed by atoms with Crippen molar-refractivity contribution in [1.82, 2.24) is 10.2 Å². The minimum absolute atomic E-state index is 0.0314. The average molecular weight is 514 g/mol. The number of benzene rings is 2. The fourth-order valence-corrected chi connectivity index (χ4v) is 4.27. The zero-order valence-electron chi connectivity index (χ0n) is 17.5. The molecule has 1 N–H and O–H groups in total. The number of anilines is 1. The monoisotopic (exact) mass is 513 g/mol. The summed E-state index contributed by atoms with van der Waals surface area (Å²) in [6, 6.07) is 11.4. The molecule has 0 spiro atoms. The molecule has 31 heavy (non-hydrogen) atoms. The van der Waals surface area contributed by atoms with Crippen LogP contribution in [0.25, 0.3) is 0 Å². The van der Waals surface area contributed by atoms with Crippen LogP contribution in [0.4, 0.5) is 10.1 Å². The Morgan fingerprint density at radius 3 is 2.42 bits per heavy atom. The van der Waals surface area contributed by atoms with Gasteiger partial charge in [0.15, 0.2) is 0 Å². The van der Waals surface area contributed by atoms with Gasteiger partial charge in [0.1, 0.15) is 18.4 Å². The van der Waals surface area contributed by atoms with E-state index in [1.165, 1.54) is 23.1 Å². The van der Waals surface area contributed by atoms with Crippen molar-refractivity contribution >= 4 is 43.5 Å². The molecular weight excluding hydrogens is 489 g/mol. The van der Waals surface area contributed by atoms with E-state index in [-0.39, 0.29) is 18.1 Å². The van der Waals surface area contributed by atoms with Crippen molar-refractivity contribution in [3.63, 3.8) is 0 Å². The van der Waals surface area contributed by atoms with Crippen LogP contribution in [0.5, 0.6) is 0 Å². The first-order valence-electron chi connectivity index (χ1n) is 9.57. The number of hydrogen-bond acceptors (Lipinski definition) is 4. The number of carbonyl (C=O) groups excluding carboxylic acids is 2. The number of likely N-dealkylation sites (N-methyl/N-ethyl adjacent to an activating group) is 1. The highest BCUT2D eigenvalue weighted by Crippen LogP contribution is 2.20. The summed E-state index contributed by atoms with van der Waals surface area (Å²) < 4.78 is 40.0. The summed E-state index contributed by atoms with van der Waals surface area (Å²) in [5.74, 6) is -1.57. The Morgan fingerprint density at radius 2 is 1.84 bits per heavy atom. The molecule has 0 saturated heterocycles. The Balaban J connectivity index is 2.38. The molecular formula is C21H25BrFN3O4S.